The first-order valence-corrected chi connectivity index (χ1v) is 10.9. The molecule has 0 aliphatic rings. The zero-order chi connectivity index (χ0) is 19.3. The molecule has 0 spiro atoms. The summed E-state index contributed by atoms with van der Waals surface area (Å²) in [5, 5.41) is 12.1. The maximum absolute atomic E-state index is 13.7. The van der Waals surface area contributed by atoms with E-state index in [2.05, 4.69) is 0 Å². The summed E-state index contributed by atoms with van der Waals surface area (Å²) in [5.41, 5.74) is 1.31. The normalized spacial score (nSPS) is 14.7. The fourth-order valence-corrected chi connectivity index (χ4v) is 5.20. The van der Waals surface area contributed by atoms with E-state index in [0.717, 1.165) is 18.5 Å². The van der Waals surface area contributed by atoms with Crippen LogP contribution in [0, 0.1) is 0 Å². The van der Waals surface area contributed by atoms with Gasteiger partial charge in [-0.05, 0) is 42.8 Å². The first-order chi connectivity index (χ1) is 12.3. The minimum Gasteiger partial charge on any atom is -0.378 e. The zero-order valence-corrected chi connectivity index (χ0v) is 17.6. The number of hydrogen-bond acceptors (Lipinski definition) is 4. The van der Waals surface area contributed by atoms with Gasteiger partial charge in [-0.25, -0.2) is 0 Å². The molecule has 7 heteroatoms. The van der Waals surface area contributed by atoms with Crippen LogP contribution in [-0.4, -0.2) is 25.8 Å². The highest BCUT2D eigenvalue weighted by Crippen LogP contribution is 2.58. The van der Waals surface area contributed by atoms with Crippen molar-refractivity contribution in [2.24, 2.45) is 0 Å². The predicted molar refractivity (Wildman–Crippen MR) is 110 cm³/mol. The van der Waals surface area contributed by atoms with E-state index in [1.54, 1.807) is 24.3 Å². The first-order valence-electron chi connectivity index (χ1n) is 8.45. The summed E-state index contributed by atoms with van der Waals surface area (Å²) in [4.78, 5) is 1.94. The molecule has 0 amide bonds. The highest BCUT2D eigenvalue weighted by molar-refractivity contribution is 7.67. The second-order valence-corrected chi connectivity index (χ2v) is 9.54. The van der Waals surface area contributed by atoms with Gasteiger partial charge in [-0.3, -0.25) is 4.57 Å². The maximum Gasteiger partial charge on any atom is 0.264 e. The molecule has 4 nitrogen and oxygen atoms in total. The molecule has 0 radical (unpaired) electrons. The van der Waals surface area contributed by atoms with Gasteiger partial charge < -0.3 is 14.5 Å². The quantitative estimate of drug-likeness (QED) is 0.458. The standard InChI is InChI=1S/C19H24Cl2NO3P/c1-4-5-12-25-26(24,16-9-7-15(8-10-16)22(2)3)19(23)17-11-6-14(20)13-18(17)21/h6-11,13,19,23H,4-5,12H2,1-3H3/t19-,26-/m1/s1. The van der Waals surface area contributed by atoms with Crippen molar-refractivity contribution in [3.8, 4) is 0 Å². The third kappa shape index (κ3) is 4.82. The molecule has 0 heterocycles. The number of rotatable bonds is 8. The molecular formula is C19H24Cl2NO3P. The number of hydrogen-bond donors (Lipinski definition) is 1. The number of nitrogens with zero attached hydrogens (tertiary/aromatic N) is 1. The molecule has 2 atom stereocenters. The molecule has 0 aromatic heterocycles. The fraction of sp³-hybridized carbons (Fsp3) is 0.368. The summed E-state index contributed by atoms with van der Waals surface area (Å²) in [6.45, 7) is 2.32. The van der Waals surface area contributed by atoms with E-state index in [4.69, 9.17) is 27.7 Å². The van der Waals surface area contributed by atoms with Gasteiger partial charge in [-0.2, -0.15) is 0 Å². The zero-order valence-electron chi connectivity index (χ0n) is 15.2. The second kappa shape index (κ2) is 9.25. The van der Waals surface area contributed by atoms with Crippen molar-refractivity contribution in [2.45, 2.75) is 25.6 Å². The molecular weight excluding hydrogens is 392 g/mol. The molecule has 0 unspecified atom stereocenters. The average Bonchev–Trinajstić information content (AvgIpc) is 2.61. The van der Waals surface area contributed by atoms with E-state index < -0.39 is 13.2 Å². The molecule has 0 saturated carbocycles. The van der Waals surface area contributed by atoms with Gasteiger partial charge in [0.15, 0.2) is 5.85 Å². The summed E-state index contributed by atoms with van der Waals surface area (Å²) in [5.74, 6) is -1.37. The third-order valence-corrected chi connectivity index (χ3v) is 7.14. The molecule has 0 fully saturated rings. The van der Waals surface area contributed by atoms with Crippen molar-refractivity contribution in [3.05, 3.63) is 58.1 Å². The van der Waals surface area contributed by atoms with Crippen molar-refractivity contribution < 1.29 is 14.2 Å². The lowest BCUT2D eigenvalue weighted by atomic mass is 10.2. The summed E-state index contributed by atoms with van der Waals surface area (Å²) in [6.07, 6.45) is 1.65. The third-order valence-electron chi connectivity index (χ3n) is 4.07. The van der Waals surface area contributed by atoms with Crippen LogP contribution in [0.3, 0.4) is 0 Å². The Balaban J connectivity index is 2.44. The van der Waals surface area contributed by atoms with Crippen LogP contribution in [0.1, 0.15) is 31.2 Å². The van der Waals surface area contributed by atoms with Gasteiger partial charge in [-0.1, -0.05) is 42.6 Å². The van der Waals surface area contributed by atoms with Crippen LogP contribution in [0.2, 0.25) is 10.0 Å². The van der Waals surface area contributed by atoms with E-state index in [1.807, 2.05) is 38.1 Å². The van der Waals surface area contributed by atoms with Crippen molar-refractivity contribution >= 4 is 41.6 Å². The Kier molecular flexibility index (Phi) is 7.57. The van der Waals surface area contributed by atoms with Crippen molar-refractivity contribution in [1.82, 2.24) is 0 Å². The highest BCUT2D eigenvalue weighted by Gasteiger charge is 2.37. The van der Waals surface area contributed by atoms with Gasteiger partial charge in [0, 0.05) is 40.7 Å². The Bertz CT molecular complexity index is 781. The van der Waals surface area contributed by atoms with Gasteiger partial charge in [0.2, 0.25) is 0 Å². The highest BCUT2D eigenvalue weighted by atomic mass is 35.5. The lowest BCUT2D eigenvalue weighted by Gasteiger charge is -2.25. The van der Waals surface area contributed by atoms with Gasteiger partial charge in [0.25, 0.3) is 7.37 Å². The molecule has 0 bridgehead atoms. The molecule has 0 saturated heterocycles. The van der Waals surface area contributed by atoms with Crippen LogP contribution in [0.25, 0.3) is 0 Å². The minimum atomic E-state index is -3.60. The molecule has 2 aromatic rings. The molecule has 26 heavy (non-hydrogen) atoms. The summed E-state index contributed by atoms with van der Waals surface area (Å²) in [6, 6.07) is 11.9. The SMILES string of the molecule is CCCCO[P@](=O)(c1ccc(N(C)C)cc1)[C@@H](O)c1ccc(Cl)cc1Cl. The van der Waals surface area contributed by atoms with E-state index in [9.17, 15) is 9.67 Å². The molecule has 0 aliphatic heterocycles. The van der Waals surface area contributed by atoms with E-state index in [0.29, 0.717) is 22.5 Å². The number of anilines is 1. The van der Waals surface area contributed by atoms with Gasteiger partial charge in [0.1, 0.15) is 0 Å². The number of halogens is 2. The van der Waals surface area contributed by atoms with Crippen LogP contribution < -0.4 is 10.2 Å². The largest absolute Gasteiger partial charge is 0.378 e. The van der Waals surface area contributed by atoms with Gasteiger partial charge in [0.05, 0.1) is 6.61 Å². The number of aliphatic hydroxyl groups is 1. The topological polar surface area (TPSA) is 49.8 Å². The van der Waals surface area contributed by atoms with Gasteiger partial charge >= 0.3 is 0 Å². The maximum atomic E-state index is 13.7. The smallest absolute Gasteiger partial charge is 0.264 e. The summed E-state index contributed by atoms with van der Waals surface area (Å²) >= 11 is 12.1. The van der Waals surface area contributed by atoms with Crippen molar-refractivity contribution in [3.63, 3.8) is 0 Å². The van der Waals surface area contributed by atoms with Gasteiger partial charge in [-0.15, -0.1) is 0 Å². The second-order valence-electron chi connectivity index (χ2n) is 6.23. The van der Waals surface area contributed by atoms with Crippen LogP contribution in [0.4, 0.5) is 5.69 Å². The minimum absolute atomic E-state index is 0.259. The molecule has 0 aliphatic carbocycles. The lowest BCUT2D eigenvalue weighted by molar-refractivity contribution is 0.213. The van der Waals surface area contributed by atoms with Crippen LogP contribution >= 0.6 is 30.6 Å². The number of benzene rings is 2. The van der Waals surface area contributed by atoms with E-state index in [1.165, 1.54) is 6.07 Å². The Morgan fingerprint density at radius 2 is 1.81 bits per heavy atom. The Labute approximate surface area is 165 Å². The average molecular weight is 416 g/mol. The number of aliphatic hydroxyl groups excluding tert-OH is 1. The molecule has 142 valence electrons. The summed E-state index contributed by atoms with van der Waals surface area (Å²) in [7, 11) is 0.254. The summed E-state index contributed by atoms with van der Waals surface area (Å²) < 4.78 is 19.5. The predicted octanol–water partition coefficient (Wildman–Crippen LogP) is 5.47. The van der Waals surface area contributed by atoms with Crippen LogP contribution in [0.5, 0.6) is 0 Å². The molecule has 1 N–H and O–H groups in total. The number of unbranched alkanes of at least 4 members (excludes halogenated alkanes) is 1. The van der Waals surface area contributed by atoms with Crippen LogP contribution in [-0.2, 0) is 9.09 Å². The first kappa shape index (κ1) is 21.3. The molecule has 2 aromatic carbocycles. The van der Waals surface area contributed by atoms with E-state index in [-0.39, 0.29) is 5.02 Å². The lowest BCUT2D eigenvalue weighted by Crippen LogP contribution is -2.16. The van der Waals surface area contributed by atoms with Crippen molar-refractivity contribution in [2.75, 3.05) is 25.6 Å². The van der Waals surface area contributed by atoms with E-state index >= 15 is 0 Å². The Morgan fingerprint density at radius 1 is 1.15 bits per heavy atom. The van der Waals surface area contributed by atoms with Crippen molar-refractivity contribution in [1.29, 1.82) is 0 Å². The Hall–Kier alpha value is -1.03. The monoisotopic (exact) mass is 415 g/mol. The van der Waals surface area contributed by atoms with Crippen LogP contribution in [0.15, 0.2) is 42.5 Å². The fourth-order valence-electron chi connectivity index (χ4n) is 2.48. The Morgan fingerprint density at radius 3 is 2.35 bits per heavy atom. The molecule has 2 rings (SSSR count).